The van der Waals surface area contributed by atoms with Crippen LogP contribution >= 0.6 is 0 Å². The molecule has 0 radical (unpaired) electrons. The number of hydrogen-bond donors (Lipinski definition) is 1. The Bertz CT molecular complexity index is 434. The molecule has 0 aliphatic heterocycles. The van der Waals surface area contributed by atoms with Crippen molar-refractivity contribution >= 4 is 11.4 Å². The molecule has 1 rings (SSSR count). The Morgan fingerprint density at radius 2 is 1.82 bits per heavy atom. The van der Waals surface area contributed by atoms with Gasteiger partial charge in [0.1, 0.15) is 0 Å². The van der Waals surface area contributed by atoms with Gasteiger partial charge in [0.05, 0.1) is 15.9 Å². The fourth-order valence-corrected chi connectivity index (χ4v) is 1.51. The molecule has 92 valence electrons. The molecule has 0 saturated heterocycles. The van der Waals surface area contributed by atoms with Crippen LogP contribution in [0, 0.1) is 20.2 Å². The summed E-state index contributed by atoms with van der Waals surface area (Å²) in [6.45, 7) is 0.529. The van der Waals surface area contributed by atoms with Crippen molar-refractivity contribution in [1.29, 1.82) is 0 Å². The Morgan fingerprint density at radius 1 is 1.12 bits per heavy atom. The monoisotopic (exact) mass is 239 g/mol. The van der Waals surface area contributed by atoms with Gasteiger partial charge in [-0.05, 0) is 31.9 Å². The zero-order chi connectivity index (χ0) is 12.8. The quantitative estimate of drug-likeness (QED) is 0.462. The molecule has 0 aliphatic rings. The Balaban J connectivity index is 2.96. The minimum Gasteiger partial charge on any atom is -0.330 e. The summed E-state index contributed by atoms with van der Waals surface area (Å²) in [6.07, 6.45) is 2.01. The zero-order valence-corrected chi connectivity index (χ0v) is 9.17. The molecule has 2 N–H and O–H groups in total. The summed E-state index contributed by atoms with van der Waals surface area (Å²) in [7, 11) is 0. The van der Waals surface area contributed by atoms with Gasteiger partial charge >= 0.3 is 0 Å². The summed E-state index contributed by atoms with van der Waals surface area (Å²) in [5, 5.41) is 21.3. The summed E-state index contributed by atoms with van der Waals surface area (Å²) in [6, 6.07) is 3.72. The number of non-ortho nitro benzene ring substituents is 1. The molecule has 0 saturated carbocycles. The van der Waals surface area contributed by atoms with E-state index in [0.717, 1.165) is 18.9 Å². The molecule has 0 unspecified atom stereocenters. The Labute approximate surface area is 97.5 Å². The molecule has 7 heteroatoms. The van der Waals surface area contributed by atoms with E-state index in [1.54, 1.807) is 0 Å². The SMILES string of the molecule is NCCCCc1ccc([N+](=O)[O-])cc1[N+](=O)[O-]. The van der Waals surface area contributed by atoms with Crippen molar-refractivity contribution in [1.82, 2.24) is 0 Å². The first kappa shape index (κ1) is 13.0. The minimum atomic E-state index is -0.642. The third kappa shape index (κ3) is 3.49. The van der Waals surface area contributed by atoms with Crippen molar-refractivity contribution in [2.75, 3.05) is 6.54 Å². The van der Waals surface area contributed by atoms with Crippen LogP contribution in [0.15, 0.2) is 18.2 Å². The lowest BCUT2D eigenvalue weighted by Crippen LogP contribution is -2.01. The van der Waals surface area contributed by atoms with Crippen molar-refractivity contribution in [3.05, 3.63) is 44.0 Å². The first-order valence-corrected chi connectivity index (χ1v) is 5.18. The lowest BCUT2D eigenvalue weighted by molar-refractivity contribution is -0.394. The number of nitro benzene ring substituents is 2. The second-order valence-corrected chi connectivity index (χ2v) is 3.57. The molecule has 0 heterocycles. The molecule has 7 nitrogen and oxygen atoms in total. The molecule has 0 aliphatic carbocycles. The van der Waals surface area contributed by atoms with Gasteiger partial charge < -0.3 is 5.73 Å². The van der Waals surface area contributed by atoms with E-state index in [1.807, 2.05) is 0 Å². The van der Waals surface area contributed by atoms with Crippen LogP contribution in [-0.2, 0) is 6.42 Å². The summed E-state index contributed by atoms with van der Waals surface area (Å²) in [4.78, 5) is 20.1. The average Bonchev–Trinajstić information content (AvgIpc) is 2.29. The lowest BCUT2D eigenvalue weighted by Gasteiger charge is -2.02. The normalized spacial score (nSPS) is 10.2. The van der Waals surface area contributed by atoms with Gasteiger partial charge in [-0.15, -0.1) is 0 Å². The maximum absolute atomic E-state index is 10.8. The van der Waals surface area contributed by atoms with Crippen molar-refractivity contribution < 1.29 is 9.85 Å². The minimum absolute atomic E-state index is 0.198. The third-order valence-corrected chi connectivity index (χ3v) is 2.38. The van der Waals surface area contributed by atoms with E-state index in [2.05, 4.69) is 0 Å². The Hall–Kier alpha value is -2.02. The zero-order valence-electron chi connectivity index (χ0n) is 9.17. The van der Waals surface area contributed by atoms with Gasteiger partial charge in [0.2, 0.25) is 0 Å². The van der Waals surface area contributed by atoms with Gasteiger partial charge in [-0.3, -0.25) is 20.2 Å². The van der Waals surface area contributed by atoms with Crippen LogP contribution in [-0.4, -0.2) is 16.4 Å². The van der Waals surface area contributed by atoms with Crippen LogP contribution in [0.25, 0.3) is 0 Å². The van der Waals surface area contributed by atoms with E-state index in [-0.39, 0.29) is 11.4 Å². The van der Waals surface area contributed by atoms with Crippen LogP contribution < -0.4 is 5.73 Å². The fourth-order valence-electron chi connectivity index (χ4n) is 1.51. The summed E-state index contributed by atoms with van der Waals surface area (Å²) < 4.78 is 0. The highest BCUT2D eigenvalue weighted by Gasteiger charge is 2.18. The molecule has 0 spiro atoms. The van der Waals surface area contributed by atoms with E-state index in [4.69, 9.17) is 5.73 Å². The standard InChI is InChI=1S/C10H13N3O4/c11-6-2-1-3-8-4-5-9(12(14)15)7-10(8)13(16)17/h4-5,7H,1-3,6,11H2. The second kappa shape index (κ2) is 5.90. The maximum atomic E-state index is 10.8. The molecule has 0 amide bonds. The lowest BCUT2D eigenvalue weighted by atomic mass is 10.1. The Morgan fingerprint density at radius 3 is 2.35 bits per heavy atom. The van der Waals surface area contributed by atoms with Gasteiger partial charge in [0.15, 0.2) is 0 Å². The summed E-state index contributed by atoms with van der Waals surface area (Å²) in [5.74, 6) is 0. The van der Waals surface area contributed by atoms with Crippen molar-refractivity contribution in [3.63, 3.8) is 0 Å². The van der Waals surface area contributed by atoms with Crippen LogP contribution in [0.4, 0.5) is 11.4 Å². The van der Waals surface area contributed by atoms with E-state index in [0.29, 0.717) is 18.5 Å². The number of nitrogens with two attached hydrogens (primary N) is 1. The largest absolute Gasteiger partial charge is 0.330 e. The number of benzene rings is 1. The van der Waals surface area contributed by atoms with Crippen LogP contribution in [0.2, 0.25) is 0 Å². The van der Waals surface area contributed by atoms with Gasteiger partial charge in [0, 0.05) is 11.6 Å². The molecule has 0 fully saturated rings. The highest BCUT2D eigenvalue weighted by Crippen LogP contribution is 2.25. The third-order valence-electron chi connectivity index (χ3n) is 2.38. The first-order chi connectivity index (χ1) is 8.06. The number of nitro groups is 2. The van der Waals surface area contributed by atoms with E-state index in [1.165, 1.54) is 12.1 Å². The first-order valence-electron chi connectivity index (χ1n) is 5.18. The van der Waals surface area contributed by atoms with E-state index in [9.17, 15) is 20.2 Å². The molecule has 0 atom stereocenters. The number of unbranched alkanes of at least 4 members (excludes halogenated alkanes) is 1. The second-order valence-electron chi connectivity index (χ2n) is 3.57. The fraction of sp³-hybridized carbons (Fsp3) is 0.400. The van der Waals surface area contributed by atoms with Crippen molar-refractivity contribution in [2.24, 2.45) is 5.73 Å². The van der Waals surface area contributed by atoms with Crippen LogP contribution in [0.1, 0.15) is 18.4 Å². The molecular weight excluding hydrogens is 226 g/mol. The summed E-state index contributed by atoms with van der Waals surface area (Å²) in [5.41, 5.74) is 5.38. The molecule has 17 heavy (non-hydrogen) atoms. The highest BCUT2D eigenvalue weighted by atomic mass is 16.6. The summed E-state index contributed by atoms with van der Waals surface area (Å²) >= 11 is 0. The van der Waals surface area contributed by atoms with Gasteiger partial charge in [0.25, 0.3) is 11.4 Å². The molecule has 0 aromatic heterocycles. The van der Waals surface area contributed by atoms with Gasteiger partial charge in [-0.2, -0.15) is 0 Å². The number of nitrogens with zero attached hydrogens (tertiary/aromatic N) is 2. The predicted octanol–water partition coefficient (Wildman–Crippen LogP) is 1.78. The predicted molar refractivity (Wildman–Crippen MR) is 61.7 cm³/mol. The smallest absolute Gasteiger partial charge is 0.279 e. The van der Waals surface area contributed by atoms with Crippen molar-refractivity contribution in [3.8, 4) is 0 Å². The number of aryl methyl sites for hydroxylation is 1. The number of hydrogen-bond acceptors (Lipinski definition) is 5. The molecular formula is C10H13N3O4. The average molecular weight is 239 g/mol. The number of rotatable bonds is 6. The van der Waals surface area contributed by atoms with E-state index < -0.39 is 9.85 Å². The topological polar surface area (TPSA) is 112 Å². The van der Waals surface area contributed by atoms with Gasteiger partial charge in [-0.1, -0.05) is 0 Å². The van der Waals surface area contributed by atoms with Crippen LogP contribution in [0.3, 0.4) is 0 Å². The Kier molecular flexibility index (Phi) is 4.53. The highest BCUT2D eigenvalue weighted by molar-refractivity contribution is 5.49. The van der Waals surface area contributed by atoms with E-state index >= 15 is 0 Å². The molecule has 1 aromatic rings. The van der Waals surface area contributed by atoms with Crippen LogP contribution in [0.5, 0.6) is 0 Å². The maximum Gasteiger partial charge on any atom is 0.279 e. The molecule has 1 aromatic carbocycles. The molecule has 0 bridgehead atoms. The van der Waals surface area contributed by atoms with Gasteiger partial charge in [-0.25, -0.2) is 0 Å². The van der Waals surface area contributed by atoms with Crippen molar-refractivity contribution in [2.45, 2.75) is 19.3 Å².